The molecule has 0 atom stereocenters. The van der Waals surface area contributed by atoms with Crippen LogP contribution in [0.15, 0.2) is 52.5 Å². The van der Waals surface area contributed by atoms with Gasteiger partial charge in [0.25, 0.3) is 0 Å². The van der Waals surface area contributed by atoms with Crippen molar-refractivity contribution in [2.45, 2.75) is 5.16 Å². The van der Waals surface area contributed by atoms with E-state index in [-0.39, 0.29) is 16.7 Å². The summed E-state index contributed by atoms with van der Waals surface area (Å²) in [5.74, 6) is 0.860. The molecule has 0 spiro atoms. The zero-order valence-electron chi connectivity index (χ0n) is 16.7. The Morgan fingerprint density at radius 3 is 2.58 bits per heavy atom. The summed E-state index contributed by atoms with van der Waals surface area (Å²) >= 11 is 0.885. The Bertz CT molecular complexity index is 1130. The van der Waals surface area contributed by atoms with Crippen molar-refractivity contribution < 1.29 is 24.1 Å². The van der Waals surface area contributed by atoms with Crippen molar-refractivity contribution in [2.24, 2.45) is 0 Å². The van der Waals surface area contributed by atoms with Crippen LogP contribution in [0, 0.1) is 11.3 Å². The molecular formula is C21H18N4O5S. The lowest BCUT2D eigenvalue weighted by Crippen LogP contribution is -1.99. The average Bonchev–Trinajstić information content (AvgIpc) is 3.26. The molecule has 0 unspecified atom stereocenters. The molecule has 0 aliphatic carbocycles. The summed E-state index contributed by atoms with van der Waals surface area (Å²) in [6.45, 7) is -0.144. The largest absolute Gasteiger partial charge is 0.497 e. The van der Waals surface area contributed by atoms with Gasteiger partial charge in [-0.15, -0.1) is 5.10 Å². The average molecular weight is 438 g/mol. The molecule has 158 valence electrons. The molecule has 31 heavy (non-hydrogen) atoms. The number of aromatic amines is 1. The maximum Gasteiger partial charge on any atom is 0.342 e. The second-order valence-corrected chi connectivity index (χ2v) is 6.98. The topological polar surface area (TPSA) is 130 Å². The van der Waals surface area contributed by atoms with Gasteiger partial charge in [-0.1, -0.05) is 18.2 Å². The van der Waals surface area contributed by atoms with Crippen molar-refractivity contribution in [2.75, 3.05) is 20.8 Å². The predicted molar refractivity (Wildman–Crippen MR) is 114 cm³/mol. The number of hydrogen-bond donors (Lipinski definition) is 2. The molecule has 0 aliphatic rings. The fourth-order valence-corrected chi connectivity index (χ4v) is 3.28. The van der Waals surface area contributed by atoms with Crippen LogP contribution in [0.25, 0.3) is 17.5 Å². The number of carboxylic acids is 1. The van der Waals surface area contributed by atoms with Gasteiger partial charge in [0.2, 0.25) is 5.16 Å². The van der Waals surface area contributed by atoms with Gasteiger partial charge in [0.05, 0.1) is 14.2 Å². The van der Waals surface area contributed by atoms with Crippen LogP contribution < -0.4 is 14.2 Å². The molecular weight excluding hydrogens is 420 g/mol. The van der Waals surface area contributed by atoms with Crippen molar-refractivity contribution in [3.8, 4) is 34.7 Å². The van der Waals surface area contributed by atoms with Crippen LogP contribution in [0.2, 0.25) is 0 Å². The molecule has 0 fully saturated rings. The minimum absolute atomic E-state index is 0.0122. The number of aromatic nitrogens is 3. The number of nitrogens with zero attached hydrogens (tertiary/aromatic N) is 3. The first kappa shape index (κ1) is 21.7. The van der Waals surface area contributed by atoms with Crippen molar-refractivity contribution in [3.05, 3.63) is 52.9 Å². The van der Waals surface area contributed by atoms with Crippen molar-refractivity contribution in [1.29, 1.82) is 5.26 Å². The van der Waals surface area contributed by atoms with Gasteiger partial charge < -0.3 is 19.3 Å². The number of ether oxygens (including phenoxy) is 3. The van der Waals surface area contributed by atoms with E-state index in [1.807, 2.05) is 6.07 Å². The zero-order chi connectivity index (χ0) is 22.2. The number of methoxy groups -OCH3 is 2. The first-order valence-electron chi connectivity index (χ1n) is 8.91. The van der Waals surface area contributed by atoms with E-state index < -0.39 is 5.97 Å². The van der Waals surface area contributed by atoms with Crippen LogP contribution in [-0.4, -0.2) is 47.1 Å². The summed E-state index contributed by atoms with van der Waals surface area (Å²) in [6.07, 6.45) is 1.45. The summed E-state index contributed by atoms with van der Waals surface area (Å²) in [4.78, 5) is 16.2. The maximum atomic E-state index is 11.8. The Kier molecular flexibility index (Phi) is 7.13. The quantitative estimate of drug-likeness (QED) is 0.380. The molecule has 1 heterocycles. The molecule has 10 heteroatoms. The lowest BCUT2D eigenvalue weighted by Gasteiger charge is -2.07. The Balaban J connectivity index is 1.88. The SMILES string of the molecule is COc1cc(OC)cc(-c2nc(S/C(=C\c3ccccc3OCC#N)C(=O)O)n[nH]2)c1. The molecule has 0 radical (unpaired) electrons. The van der Waals surface area contributed by atoms with Crippen molar-refractivity contribution >= 4 is 23.8 Å². The van der Waals surface area contributed by atoms with Crippen molar-refractivity contribution in [1.82, 2.24) is 15.2 Å². The van der Waals surface area contributed by atoms with Gasteiger partial charge in [-0.05, 0) is 36.0 Å². The maximum absolute atomic E-state index is 11.8. The number of para-hydroxylation sites is 1. The Morgan fingerprint density at radius 1 is 1.23 bits per heavy atom. The molecule has 2 N–H and O–H groups in total. The number of carboxylic acid groups (broad SMARTS) is 1. The summed E-state index contributed by atoms with van der Waals surface area (Å²) in [5, 5.41) is 25.5. The number of nitrogens with one attached hydrogen (secondary N) is 1. The number of H-pyrrole nitrogens is 1. The lowest BCUT2D eigenvalue weighted by atomic mass is 10.2. The number of thioether (sulfide) groups is 1. The van der Waals surface area contributed by atoms with Gasteiger partial charge in [-0.3, -0.25) is 5.10 Å². The molecule has 3 aromatic rings. The Morgan fingerprint density at radius 2 is 1.94 bits per heavy atom. The Hall–Kier alpha value is -3.97. The minimum atomic E-state index is -1.14. The molecule has 0 saturated heterocycles. The molecule has 0 saturated carbocycles. The number of nitriles is 1. The Labute approximate surface area is 182 Å². The molecule has 0 bridgehead atoms. The highest BCUT2D eigenvalue weighted by atomic mass is 32.2. The van der Waals surface area contributed by atoms with Gasteiger partial charge in [0.1, 0.15) is 28.2 Å². The number of aliphatic carboxylic acids is 1. The standard InChI is InChI=1S/C21H18N4O5S/c1-28-15-9-14(10-16(12-15)29-2)19-23-21(25-24-19)31-18(20(26)27)11-13-5-3-4-6-17(13)30-8-7-22/h3-6,9-12H,8H2,1-2H3,(H,26,27)(H,23,24,25)/b18-11-. The van der Waals surface area contributed by atoms with Crippen LogP contribution in [-0.2, 0) is 4.79 Å². The third-order valence-electron chi connectivity index (χ3n) is 4.00. The summed E-state index contributed by atoms with van der Waals surface area (Å²) in [7, 11) is 3.09. The second kappa shape index (κ2) is 10.2. The summed E-state index contributed by atoms with van der Waals surface area (Å²) in [5.41, 5.74) is 1.20. The lowest BCUT2D eigenvalue weighted by molar-refractivity contribution is -0.131. The van der Waals surface area contributed by atoms with Crippen LogP contribution >= 0.6 is 11.8 Å². The first-order valence-corrected chi connectivity index (χ1v) is 9.73. The molecule has 3 rings (SSSR count). The highest BCUT2D eigenvalue weighted by Crippen LogP contribution is 2.32. The number of rotatable bonds is 9. The summed E-state index contributed by atoms with van der Waals surface area (Å²) < 4.78 is 15.9. The van der Waals surface area contributed by atoms with E-state index in [1.54, 1.807) is 56.7 Å². The van der Waals surface area contributed by atoms with E-state index in [0.29, 0.717) is 34.2 Å². The fraction of sp³-hybridized carbons (Fsp3) is 0.143. The predicted octanol–water partition coefficient (Wildman–Crippen LogP) is 3.61. The third kappa shape index (κ3) is 5.55. The second-order valence-electron chi connectivity index (χ2n) is 5.97. The van der Waals surface area contributed by atoms with E-state index in [1.165, 1.54) is 6.08 Å². The van der Waals surface area contributed by atoms with Gasteiger partial charge >= 0.3 is 5.97 Å². The first-order chi connectivity index (χ1) is 15.0. The fourth-order valence-electron chi connectivity index (χ4n) is 2.58. The van der Waals surface area contributed by atoms with E-state index in [9.17, 15) is 9.90 Å². The van der Waals surface area contributed by atoms with Gasteiger partial charge in [-0.25, -0.2) is 9.78 Å². The van der Waals surface area contributed by atoms with E-state index in [2.05, 4.69) is 15.2 Å². The van der Waals surface area contributed by atoms with E-state index >= 15 is 0 Å². The molecule has 0 aliphatic heterocycles. The number of hydrogen-bond acceptors (Lipinski definition) is 8. The van der Waals surface area contributed by atoms with Crippen LogP contribution in [0.5, 0.6) is 17.2 Å². The van der Waals surface area contributed by atoms with Gasteiger partial charge in [-0.2, -0.15) is 5.26 Å². The summed E-state index contributed by atoms with van der Waals surface area (Å²) in [6, 6.07) is 14.0. The zero-order valence-corrected chi connectivity index (χ0v) is 17.5. The van der Waals surface area contributed by atoms with Crippen LogP contribution in [0.3, 0.4) is 0 Å². The van der Waals surface area contributed by atoms with E-state index in [4.69, 9.17) is 19.5 Å². The highest BCUT2D eigenvalue weighted by molar-refractivity contribution is 8.04. The number of carbonyl (C=O) groups is 1. The third-order valence-corrected chi connectivity index (χ3v) is 4.88. The highest BCUT2D eigenvalue weighted by Gasteiger charge is 2.16. The van der Waals surface area contributed by atoms with Gasteiger partial charge in [0.15, 0.2) is 12.4 Å². The van der Waals surface area contributed by atoms with Crippen molar-refractivity contribution in [3.63, 3.8) is 0 Å². The molecule has 1 aromatic heterocycles. The molecule has 9 nitrogen and oxygen atoms in total. The minimum Gasteiger partial charge on any atom is -0.497 e. The normalized spacial score (nSPS) is 10.9. The smallest absolute Gasteiger partial charge is 0.342 e. The monoisotopic (exact) mass is 438 g/mol. The number of benzene rings is 2. The van der Waals surface area contributed by atoms with Gasteiger partial charge in [0, 0.05) is 17.2 Å². The van der Waals surface area contributed by atoms with Crippen LogP contribution in [0.1, 0.15) is 5.56 Å². The molecule has 0 amide bonds. The van der Waals surface area contributed by atoms with E-state index in [0.717, 1.165) is 11.8 Å². The molecule has 2 aromatic carbocycles. The van der Waals surface area contributed by atoms with Crippen LogP contribution in [0.4, 0.5) is 0 Å².